The minimum Gasteiger partial charge on any atom is -0.299 e. The fourth-order valence-electron chi connectivity index (χ4n) is 3.15. The minimum absolute atomic E-state index is 0.154. The first-order valence-electron chi connectivity index (χ1n) is 7.72. The molecule has 0 aliphatic heterocycles. The molecule has 4 rings (SSSR count). The molecule has 1 fully saturated rings. The lowest BCUT2D eigenvalue weighted by atomic mass is 10.0. The number of carbonyl (C=O) groups excluding carboxylic acids is 1. The van der Waals surface area contributed by atoms with Crippen LogP contribution in [0.2, 0.25) is 0 Å². The van der Waals surface area contributed by atoms with Gasteiger partial charge in [0, 0.05) is 30.1 Å². The van der Waals surface area contributed by atoms with Gasteiger partial charge in [0.15, 0.2) is 0 Å². The van der Waals surface area contributed by atoms with Crippen molar-refractivity contribution < 1.29 is 4.79 Å². The molecule has 0 bridgehead atoms. The van der Waals surface area contributed by atoms with Crippen LogP contribution in [0.5, 0.6) is 0 Å². The van der Waals surface area contributed by atoms with Gasteiger partial charge < -0.3 is 0 Å². The Morgan fingerprint density at radius 3 is 2.64 bits per heavy atom. The number of carbonyl (C=O) groups is 1. The second-order valence-corrected chi connectivity index (χ2v) is 6.03. The molecule has 2 unspecified atom stereocenters. The van der Waals surface area contributed by atoms with E-state index in [-0.39, 0.29) is 5.92 Å². The topological polar surface area (TPSA) is 30.0 Å². The van der Waals surface area contributed by atoms with Crippen molar-refractivity contribution >= 4 is 16.6 Å². The van der Waals surface area contributed by atoms with Gasteiger partial charge in [-0.2, -0.15) is 0 Å². The van der Waals surface area contributed by atoms with E-state index in [2.05, 4.69) is 35.3 Å². The Bertz CT molecular complexity index is 825. The monoisotopic (exact) mass is 287 g/mol. The standard InChI is InChI=1S/C20H17NO/c22-20(18-13-17(18)19-7-3-4-10-21-19)12-14-8-9-15-5-1-2-6-16(15)11-14/h1-11,17-18H,12-13H2. The molecule has 2 heteroatoms. The third-order valence-electron chi connectivity index (χ3n) is 4.46. The van der Waals surface area contributed by atoms with Crippen LogP contribution in [0, 0.1) is 5.92 Å². The van der Waals surface area contributed by atoms with Gasteiger partial charge in [0.05, 0.1) is 0 Å². The summed E-state index contributed by atoms with van der Waals surface area (Å²) in [5.74, 6) is 0.821. The molecule has 0 radical (unpaired) electrons. The van der Waals surface area contributed by atoms with Crippen LogP contribution in [0.15, 0.2) is 66.9 Å². The molecule has 1 aliphatic rings. The van der Waals surface area contributed by atoms with Crippen LogP contribution in [0.3, 0.4) is 0 Å². The fraction of sp³-hybridized carbons (Fsp3) is 0.200. The second kappa shape index (κ2) is 5.38. The Hall–Kier alpha value is -2.48. The van der Waals surface area contributed by atoms with Crippen molar-refractivity contribution in [2.24, 2.45) is 5.92 Å². The Balaban J connectivity index is 1.48. The summed E-state index contributed by atoms with van der Waals surface area (Å²) >= 11 is 0. The first-order valence-corrected chi connectivity index (χ1v) is 7.72. The molecular formula is C20H17NO. The first kappa shape index (κ1) is 13.2. The number of hydrogen-bond donors (Lipinski definition) is 0. The van der Waals surface area contributed by atoms with Gasteiger partial charge in [-0.3, -0.25) is 9.78 Å². The number of Topliss-reactive ketones (excluding diaryl/α,β-unsaturated/α-hetero) is 1. The van der Waals surface area contributed by atoms with Crippen LogP contribution < -0.4 is 0 Å². The highest BCUT2D eigenvalue weighted by Gasteiger charge is 2.44. The van der Waals surface area contributed by atoms with Gasteiger partial charge in [0.25, 0.3) is 0 Å². The molecule has 2 atom stereocenters. The first-order chi connectivity index (χ1) is 10.8. The Morgan fingerprint density at radius 2 is 1.82 bits per heavy atom. The summed E-state index contributed by atoms with van der Waals surface area (Å²) in [7, 11) is 0. The summed E-state index contributed by atoms with van der Waals surface area (Å²) in [6.45, 7) is 0. The van der Waals surface area contributed by atoms with Crippen molar-refractivity contribution in [3.05, 3.63) is 78.1 Å². The summed E-state index contributed by atoms with van der Waals surface area (Å²) in [5.41, 5.74) is 2.16. The Morgan fingerprint density at radius 1 is 1.00 bits per heavy atom. The maximum Gasteiger partial charge on any atom is 0.141 e. The number of aromatic nitrogens is 1. The highest BCUT2D eigenvalue weighted by atomic mass is 16.1. The molecule has 0 amide bonds. The SMILES string of the molecule is O=C(Cc1ccc2ccccc2c1)C1CC1c1ccccn1. The molecular weight excluding hydrogens is 270 g/mol. The molecule has 108 valence electrons. The van der Waals surface area contributed by atoms with Crippen LogP contribution in [0.4, 0.5) is 0 Å². The number of ketones is 1. The van der Waals surface area contributed by atoms with E-state index in [4.69, 9.17) is 0 Å². The summed E-state index contributed by atoms with van der Waals surface area (Å²) in [4.78, 5) is 16.8. The van der Waals surface area contributed by atoms with Crippen LogP contribution in [-0.4, -0.2) is 10.8 Å². The largest absolute Gasteiger partial charge is 0.299 e. The molecule has 22 heavy (non-hydrogen) atoms. The third-order valence-corrected chi connectivity index (χ3v) is 4.46. The highest BCUT2D eigenvalue weighted by molar-refractivity contribution is 5.89. The lowest BCUT2D eigenvalue weighted by Crippen LogP contribution is -2.06. The van der Waals surface area contributed by atoms with Gasteiger partial charge in [-0.25, -0.2) is 0 Å². The summed E-state index contributed by atoms with van der Waals surface area (Å²) in [5, 5.41) is 2.42. The van der Waals surface area contributed by atoms with Gasteiger partial charge in [-0.15, -0.1) is 0 Å². The lowest BCUT2D eigenvalue weighted by molar-refractivity contribution is -0.119. The van der Waals surface area contributed by atoms with Crippen molar-refractivity contribution in [1.29, 1.82) is 0 Å². The highest BCUT2D eigenvalue weighted by Crippen LogP contribution is 2.47. The average molecular weight is 287 g/mol. The molecule has 1 heterocycles. The van der Waals surface area contributed by atoms with E-state index < -0.39 is 0 Å². The van der Waals surface area contributed by atoms with Gasteiger partial charge in [-0.1, -0.05) is 48.5 Å². The molecule has 1 aromatic heterocycles. The quantitative estimate of drug-likeness (QED) is 0.721. The zero-order chi connectivity index (χ0) is 14.9. The van der Waals surface area contributed by atoms with E-state index in [0.29, 0.717) is 18.1 Å². The van der Waals surface area contributed by atoms with Crippen LogP contribution in [-0.2, 0) is 11.2 Å². The predicted octanol–water partition coefficient (Wildman–Crippen LogP) is 4.15. The third kappa shape index (κ3) is 2.52. The lowest BCUT2D eigenvalue weighted by Gasteiger charge is -2.04. The summed E-state index contributed by atoms with van der Waals surface area (Å²) in [6, 6.07) is 20.5. The van der Waals surface area contributed by atoms with Crippen molar-refractivity contribution in [2.45, 2.75) is 18.8 Å². The van der Waals surface area contributed by atoms with Crippen molar-refractivity contribution in [2.75, 3.05) is 0 Å². The Kier molecular flexibility index (Phi) is 3.23. The van der Waals surface area contributed by atoms with E-state index in [1.54, 1.807) is 6.20 Å². The number of benzene rings is 2. The van der Waals surface area contributed by atoms with Crippen LogP contribution in [0.25, 0.3) is 10.8 Å². The summed E-state index contributed by atoms with van der Waals surface area (Å²) < 4.78 is 0. The number of fused-ring (bicyclic) bond motifs is 1. The smallest absolute Gasteiger partial charge is 0.141 e. The van der Waals surface area contributed by atoms with E-state index in [0.717, 1.165) is 17.7 Å². The van der Waals surface area contributed by atoms with Crippen LogP contribution in [0.1, 0.15) is 23.6 Å². The Labute approximate surface area is 129 Å². The van der Waals surface area contributed by atoms with Gasteiger partial charge >= 0.3 is 0 Å². The summed E-state index contributed by atoms with van der Waals surface area (Å²) in [6.07, 6.45) is 3.28. The average Bonchev–Trinajstić information content (AvgIpc) is 3.36. The molecule has 3 aromatic rings. The van der Waals surface area contributed by atoms with E-state index in [1.807, 2.05) is 30.3 Å². The zero-order valence-electron chi connectivity index (χ0n) is 12.3. The van der Waals surface area contributed by atoms with Gasteiger partial charge in [-0.05, 0) is 34.9 Å². The molecule has 2 aromatic carbocycles. The molecule has 2 nitrogen and oxygen atoms in total. The van der Waals surface area contributed by atoms with Crippen molar-refractivity contribution in [3.8, 4) is 0 Å². The number of rotatable bonds is 4. The molecule has 1 aliphatic carbocycles. The zero-order valence-corrected chi connectivity index (χ0v) is 12.3. The second-order valence-electron chi connectivity index (χ2n) is 6.03. The maximum absolute atomic E-state index is 12.5. The molecule has 0 saturated heterocycles. The fourth-order valence-corrected chi connectivity index (χ4v) is 3.15. The molecule has 0 spiro atoms. The molecule has 0 N–H and O–H groups in total. The van der Waals surface area contributed by atoms with E-state index in [1.165, 1.54) is 10.8 Å². The number of nitrogens with zero attached hydrogens (tertiary/aromatic N) is 1. The van der Waals surface area contributed by atoms with Gasteiger partial charge in [0.1, 0.15) is 5.78 Å². The van der Waals surface area contributed by atoms with Gasteiger partial charge in [0.2, 0.25) is 0 Å². The van der Waals surface area contributed by atoms with E-state index >= 15 is 0 Å². The normalized spacial score (nSPS) is 20.0. The predicted molar refractivity (Wildman–Crippen MR) is 87.7 cm³/mol. The maximum atomic E-state index is 12.5. The van der Waals surface area contributed by atoms with Crippen LogP contribution >= 0.6 is 0 Å². The van der Waals surface area contributed by atoms with Crippen molar-refractivity contribution in [3.63, 3.8) is 0 Å². The minimum atomic E-state index is 0.154. The number of hydrogen-bond acceptors (Lipinski definition) is 2. The number of pyridine rings is 1. The molecule has 1 saturated carbocycles. The van der Waals surface area contributed by atoms with Crippen molar-refractivity contribution in [1.82, 2.24) is 4.98 Å². The van der Waals surface area contributed by atoms with E-state index in [9.17, 15) is 4.79 Å².